The highest BCUT2D eigenvalue weighted by atomic mass is 28.3. The van der Waals surface area contributed by atoms with Crippen LogP contribution in [0, 0.1) is 11.8 Å². The maximum Gasteiger partial charge on any atom is 0.263 e. The molecule has 50 heavy (non-hydrogen) atoms. The summed E-state index contributed by atoms with van der Waals surface area (Å²) in [6.07, 6.45) is 17.5. The predicted molar refractivity (Wildman–Crippen MR) is 196 cm³/mol. The van der Waals surface area contributed by atoms with Crippen LogP contribution in [0.4, 0.5) is 0 Å². The molecule has 1 N–H and O–H groups in total. The van der Waals surface area contributed by atoms with E-state index in [1.165, 1.54) is 11.3 Å². The lowest BCUT2D eigenvalue weighted by atomic mass is 9.78. The summed E-state index contributed by atoms with van der Waals surface area (Å²) in [5.74, 6) is 0.900. The number of carbonyl (C=O) groups is 3. The number of amides is 3. The van der Waals surface area contributed by atoms with E-state index in [0.29, 0.717) is 48.9 Å². The number of nitrogens with zero attached hydrogens (tertiary/aromatic N) is 3. The Morgan fingerprint density at radius 1 is 0.940 bits per heavy atom. The minimum Gasteiger partial charge on any atom is -0.394 e. The average Bonchev–Trinajstić information content (AvgIpc) is 3.79. The van der Waals surface area contributed by atoms with Crippen LogP contribution < -0.4 is 0 Å². The van der Waals surface area contributed by atoms with Gasteiger partial charge in [-0.2, -0.15) is 0 Å². The smallest absolute Gasteiger partial charge is 0.263 e. The van der Waals surface area contributed by atoms with Crippen molar-refractivity contribution >= 4 is 25.8 Å². The van der Waals surface area contributed by atoms with Gasteiger partial charge in [0.2, 0.25) is 11.8 Å². The van der Waals surface area contributed by atoms with Crippen LogP contribution in [0.5, 0.6) is 0 Å². The number of fused-ring (bicyclic) bond motifs is 1. The monoisotopic (exact) mass is 711 g/mol. The van der Waals surface area contributed by atoms with Crippen molar-refractivity contribution in [1.29, 1.82) is 0 Å². The second-order valence-electron chi connectivity index (χ2n) is 17.8. The standard InChI is InChI=1S/C40H65N3O6Si/c1-27-38(50(3,4)32-19-17-31(48-2)18-20-32)35(24-37(46)42-22-10-13-30(42)26-44)49-40(27)33-14-5-6-15-34(33)43(39(40)47)25-28-11-9-12-29(23-28)41-21-8-7-16-36(41)45/h27-32,35,38,44H,5-26H2,1-4H3/t27-,28?,29?,30-,31?,32?,35+,38-,40+/m0/s1. The van der Waals surface area contributed by atoms with Crippen molar-refractivity contribution in [3.63, 3.8) is 0 Å². The van der Waals surface area contributed by atoms with Crippen molar-refractivity contribution in [1.82, 2.24) is 14.7 Å². The molecule has 0 aromatic carbocycles. The molecular formula is C40H65N3O6Si. The normalized spacial score (nSPS) is 38.5. The van der Waals surface area contributed by atoms with Crippen molar-refractivity contribution in [3.8, 4) is 0 Å². The summed E-state index contributed by atoms with van der Waals surface area (Å²) in [7, 11) is -0.249. The van der Waals surface area contributed by atoms with Gasteiger partial charge in [0.25, 0.3) is 5.91 Å². The highest BCUT2D eigenvalue weighted by Crippen LogP contribution is 2.61. The fourth-order valence-electron chi connectivity index (χ4n) is 12.3. The van der Waals surface area contributed by atoms with Gasteiger partial charge >= 0.3 is 0 Å². The Balaban J connectivity index is 1.18. The maximum absolute atomic E-state index is 15.3. The van der Waals surface area contributed by atoms with E-state index in [9.17, 15) is 14.7 Å². The fraction of sp³-hybridized carbons (Fsp3) is 0.875. The van der Waals surface area contributed by atoms with Crippen LogP contribution in [0.1, 0.15) is 122 Å². The van der Waals surface area contributed by atoms with E-state index in [1.807, 2.05) is 12.0 Å². The van der Waals surface area contributed by atoms with Crippen molar-refractivity contribution in [2.24, 2.45) is 11.8 Å². The molecule has 7 atom stereocenters. The number of hydrogen-bond donors (Lipinski definition) is 1. The number of allylic oxidation sites excluding steroid dienone is 1. The zero-order chi connectivity index (χ0) is 35.2. The lowest BCUT2D eigenvalue weighted by molar-refractivity contribution is -0.152. The minimum atomic E-state index is -2.08. The Hall–Kier alpha value is -1.75. The van der Waals surface area contributed by atoms with Gasteiger partial charge in [-0.25, -0.2) is 0 Å². The van der Waals surface area contributed by atoms with E-state index in [-0.39, 0.29) is 42.0 Å². The van der Waals surface area contributed by atoms with Crippen molar-refractivity contribution < 1.29 is 29.0 Å². The molecule has 0 aromatic heterocycles. The largest absolute Gasteiger partial charge is 0.394 e. The number of aliphatic hydroxyl groups excluding tert-OH is 1. The molecule has 3 aliphatic carbocycles. The van der Waals surface area contributed by atoms with Crippen LogP contribution in [-0.4, -0.2) is 109 Å². The lowest BCUT2D eigenvalue weighted by Gasteiger charge is -2.45. The van der Waals surface area contributed by atoms with Gasteiger partial charge in [-0.1, -0.05) is 39.3 Å². The Labute approximate surface area is 301 Å². The van der Waals surface area contributed by atoms with Crippen LogP contribution in [-0.2, 0) is 23.9 Å². The van der Waals surface area contributed by atoms with Gasteiger partial charge < -0.3 is 29.3 Å². The number of methoxy groups -OCH3 is 1. The van der Waals surface area contributed by atoms with Crippen molar-refractivity contribution in [3.05, 3.63) is 11.3 Å². The molecule has 1 spiro atoms. The summed E-state index contributed by atoms with van der Waals surface area (Å²) < 4.78 is 13.1. The summed E-state index contributed by atoms with van der Waals surface area (Å²) in [6.45, 7) is 9.64. The zero-order valence-electron chi connectivity index (χ0n) is 31.5. The first-order chi connectivity index (χ1) is 24.1. The third-order valence-electron chi connectivity index (χ3n) is 14.9. The molecule has 2 unspecified atom stereocenters. The molecule has 4 heterocycles. The van der Waals surface area contributed by atoms with Crippen molar-refractivity contribution in [2.45, 2.75) is 177 Å². The molecule has 280 valence electrons. The van der Waals surface area contributed by atoms with E-state index < -0.39 is 13.7 Å². The molecule has 7 aliphatic rings. The van der Waals surface area contributed by atoms with Gasteiger partial charge in [0.15, 0.2) is 5.60 Å². The van der Waals surface area contributed by atoms with E-state index in [1.54, 1.807) is 0 Å². The molecule has 10 heteroatoms. The SMILES string of the molecule is COC1CCC([Si](C)(C)[C@@H]2[C@@H](CC(=O)N3CCC[C@H]3CO)O[C@]3(C(=O)N(CC4CCCC(N5CCCCC5=O)C4)C4=C3CCCC4)[C@H]2C)CC1. The average molecular weight is 712 g/mol. The highest BCUT2D eigenvalue weighted by molar-refractivity contribution is 6.80. The minimum absolute atomic E-state index is 0.00000724. The number of ether oxygens (including phenoxy) is 2. The third-order valence-corrected chi connectivity index (χ3v) is 20.2. The predicted octanol–water partition coefficient (Wildman–Crippen LogP) is 6.41. The van der Waals surface area contributed by atoms with Gasteiger partial charge in [-0.05, 0) is 106 Å². The number of rotatable bonds is 9. The van der Waals surface area contributed by atoms with Crippen LogP contribution in [0.15, 0.2) is 11.3 Å². The number of piperidine rings is 1. The Morgan fingerprint density at radius 2 is 1.70 bits per heavy atom. The van der Waals surface area contributed by atoms with Gasteiger partial charge in [-0.3, -0.25) is 14.4 Å². The molecule has 0 aromatic rings. The Morgan fingerprint density at radius 3 is 2.44 bits per heavy atom. The molecule has 9 nitrogen and oxygen atoms in total. The van der Waals surface area contributed by atoms with Crippen LogP contribution in [0.3, 0.4) is 0 Å². The summed E-state index contributed by atoms with van der Waals surface area (Å²) >= 11 is 0. The quantitative estimate of drug-likeness (QED) is 0.278. The molecule has 2 saturated carbocycles. The second kappa shape index (κ2) is 14.9. The van der Waals surface area contributed by atoms with Gasteiger partial charge in [0.1, 0.15) is 0 Å². The van der Waals surface area contributed by atoms with E-state index in [4.69, 9.17) is 9.47 Å². The van der Waals surface area contributed by atoms with Gasteiger partial charge in [-0.15, -0.1) is 0 Å². The zero-order valence-corrected chi connectivity index (χ0v) is 32.5. The van der Waals surface area contributed by atoms with Gasteiger partial charge in [0, 0.05) is 50.8 Å². The molecule has 3 amide bonds. The molecule has 4 aliphatic heterocycles. The fourth-order valence-corrected chi connectivity index (χ4v) is 17.3. The first kappa shape index (κ1) is 36.6. The molecule has 3 saturated heterocycles. The first-order valence-electron chi connectivity index (χ1n) is 20.5. The van der Waals surface area contributed by atoms with E-state index in [0.717, 1.165) is 116 Å². The number of carbonyl (C=O) groups excluding carboxylic acids is 3. The van der Waals surface area contributed by atoms with Crippen LogP contribution in [0.25, 0.3) is 0 Å². The molecule has 0 radical (unpaired) electrons. The highest BCUT2D eigenvalue weighted by Gasteiger charge is 2.67. The number of hydrogen-bond acceptors (Lipinski definition) is 6. The summed E-state index contributed by atoms with van der Waals surface area (Å²) in [4.78, 5) is 48.5. The summed E-state index contributed by atoms with van der Waals surface area (Å²) in [5.41, 5.74) is 2.22. The molecule has 7 rings (SSSR count). The number of aliphatic hydroxyl groups is 1. The Bertz CT molecular complexity index is 1310. The van der Waals surface area contributed by atoms with Crippen LogP contribution in [0.2, 0.25) is 24.2 Å². The molecular weight excluding hydrogens is 647 g/mol. The Kier molecular flexibility index (Phi) is 10.9. The maximum atomic E-state index is 15.3. The third kappa shape index (κ3) is 6.44. The van der Waals surface area contributed by atoms with E-state index in [2.05, 4.69) is 29.8 Å². The first-order valence-corrected chi connectivity index (χ1v) is 23.7. The van der Waals surface area contributed by atoms with Crippen LogP contribution >= 0.6 is 0 Å². The summed E-state index contributed by atoms with van der Waals surface area (Å²) in [6, 6.07) is 0.182. The van der Waals surface area contributed by atoms with Crippen molar-refractivity contribution in [2.75, 3.05) is 33.4 Å². The van der Waals surface area contributed by atoms with Gasteiger partial charge in [0.05, 0.1) is 39.4 Å². The second-order valence-corrected chi connectivity index (χ2v) is 22.9. The molecule has 5 fully saturated rings. The van der Waals surface area contributed by atoms with E-state index >= 15 is 4.79 Å². The topological polar surface area (TPSA) is 99.6 Å². The lowest BCUT2D eigenvalue weighted by Crippen LogP contribution is -2.51. The number of likely N-dealkylation sites (tertiary alicyclic amines) is 2. The summed E-state index contributed by atoms with van der Waals surface area (Å²) in [5, 5.41) is 10.1. The molecule has 0 bridgehead atoms.